The van der Waals surface area contributed by atoms with Crippen LogP contribution in [-0.4, -0.2) is 9.55 Å². The van der Waals surface area contributed by atoms with Crippen LogP contribution in [0.2, 0.25) is 0 Å². The van der Waals surface area contributed by atoms with Crippen molar-refractivity contribution in [2.75, 3.05) is 0 Å². The summed E-state index contributed by atoms with van der Waals surface area (Å²) in [7, 11) is 0. The van der Waals surface area contributed by atoms with Crippen molar-refractivity contribution in [3.8, 4) is 22.9 Å². The largest absolute Gasteiger partial charge is 0.456 e. The number of para-hydroxylation sites is 2. The smallest absolute Gasteiger partial charge is 0.137 e. The zero-order chi connectivity index (χ0) is 22.6. The lowest BCUT2D eigenvalue weighted by atomic mass is 10.0. The standard InChI is InChI=1S/C30H17N3O/c31-17-20-18-32-15-14-22(20)19-6-5-7-21(16-19)33-26-10-3-1-8-23(26)24-12-13-28-29(30(24)33)25-9-2-4-11-27(25)34-28/h1-16,18H. The van der Waals surface area contributed by atoms with Gasteiger partial charge in [-0.05, 0) is 48.0 Å². The molecule has 0 fully saturated rings. The summed E-state index contributed by atoms with van der Waals surface area (Å²) in [4.78, 5) is 4.11. The summed E-state index contributed by atoms with van der Waals surface area (Å²) in [6, 6.07) is 33.4. The van der Waals surface area contributed by atoms with Crippen LogP contribution in [-0.2, 0) is 0 Å². The van der Waals surface area contributed by atoms with Gasteiger partial charge >= 0.3 is 0 Å². The van der Waals surface area contributed by atoms with Gasteiger partial charge in [0.2, 0.25) is 0 Å². The van der Waals surface area contributed by atoms with E-state index in [1.807, 2.05) is 30.3 Å². The molecule has 0 aliphatic heterocycles. The fourth-order valence-electron chi connectivity index (χ4n) is 5.08. The highest BCUT2D eigenvalue weighted by atomic mass is 16.3. The summed E-state index contributed by atoms with van der Waals surface area (Å²) in [5, 5.41) is 14.2. The third-order valence-corrected chi connectivity index (χ3v) is 6.53. The number of pyridine rings is 1. The summed E-state index contributed by atoms with van der Waals surface area (Å²) >= 11 is 0. The quantitative estimate of drug-likeness (QED) is 0.281. The number of nitrogens with zero attached hydrogens (tertiary/aromatic N) is 3. The predicted molar refractivity (Wildman–Crippen MR) is 136 cm³/mol. The summed E-state index contributed by atoms with van der Waals surface area (Å²) in [5.74, 6) is 0. The molecular weight excluding hydrogens is 418 g/mol. The molecule has 0 saturated heterocycles. The lowest BCUT2D eigenvalue weighted by Gasteiger charge is -2.11. The van der Waals surface area contributed by atoms with Gasteiger partial charge in [0, 0.05) is 39.8 Å². The first-order valence-corrected chi connectivity index (χ1v) is 11.1. The first kappa shape index (κ1) is 18.7. The first-order valence-electron chi connectivity index (χ1n) is 11.1. The zero-order valence-electron chi connectivity index (χ0n) is 18.1. The number of aromatic nitrogens is 2. The van der Waals surface area contributed by atoms with Crippen LogP contribution in [0.15, 0.2) is 108 Å². The molecule has 0 bridgehead atoms. The molecule has 0 aliphatic carbocycles. The van der Waals surface area contributed by atoms with E-state index in [2.05, 4.69) is 76.3 Å². The number of furan rings is 1. The minimum Gasteiger partial charge on any atom is -0.456 e. The van der Waals surface area contributed by atoms with E-state index in [0.717, 1.165) is 49.8 Å². The Balaban J connectivity index is 1.63. The van der Waals surface area contributed by atoms with Gasteiger partial charge in [-0.2, -0.15) is 5.26 Å². The summed E-state index contributed by atoms with van der Waals surface area (Å²) in [5.41, 5.74) is 7.44. The van der Waals surface area contributed by atoms with Crippen molar-refractivity contribution >= 4 is 43.7 Å². The second-order valence-corrected chi connectivity index (χ2v) is 8.37. The number of nitriles is 1. The molecule has 0 unspecified atom stereocenters. The molecule has 0 saturated carbocycles. The maximum Gasteiger partial charge on any atom is 0.137 e. The Kier molecular flexibility index (Phi) is 3.88. The van der Waals surface area contributed by atoms with Gasteiger partial charge in [-0.25, -0.2) is 0 Å². The van der Waals surface area contributed by atoms with Crippen molar-refractivity contribution < 1.29 is 4.42 Å². The normalized spacial score (nSPS) is 11.5. The predicted octanol–water partition coefficient (Wildman–Crippen LogP) is 7.62. The lowest BCUT2D eigenvalue weighted by molar-refractivity contribution is 0.669. The molecule has 3 aromatic heterocycles. The highest BCUT2D eigenvalue weighted by Crippen LogP contribution is 2.41. The zero-order valence-corrected chi connectivity index (χ0v) is 18.1. The van der Waals surface area contributed by atoms with Crippen LogP contribution in [0.25, 0.3) is 60.6 Å². The van der Waals surface area contributed by atoms with Crippen LogP contribution in [0.1, 0.15) is 5.56 Å². The van der Waals surface area contributed by atoms with E-state index in [1.165, 1.54) is 10.8 Å². The van der Waals surface area contributed by atoms with E-state index in [4.69, 9.17) is 4.42 Å². The average molecular weight is 435 g/mol. The van der Waals surface area contributed by atoms with Gasteiger partial charge in [-0.15, -0.1) is 0 Å². The number of benzene rings is 4. The molecule has 0 radical (unpaired) electrons. The molecule has 4 heteroatoms. The van der Waals surface area contributed by atoms with E-state index in [-0.39, 0.29) is 0 Å². The molecule has 4 nitrogen and oxygen atoms in total. The van der Waals surface area contributed by atoms with Gasteiger partial charge in [-0.1, -0.05) is 48.5 Å². The van der Waals surface area contributed by atoms with Crippen LogP contribution < -0.4 is 0 Å². The van der Waals surface area contributed by atoms with Crippen LogP contribution in [0.3, 0.4) is 0 Å². The van der Waals surface area contributed by atoms with Crippen molar-refractivity contribution in [3.05, 3.63) is 109 Å². The summed E-state index contributed by atoms with van der Waals surface area (Å²) in [6.45, 7) is 0. The molecule has 158 valence electrons. The maximum atomic E-state index is 9.61. The van der Waals surface area contributed by atoms with Crippen LogP contribution in [0.5, 0.6) is 0 Å². The molecule has 0 spiro atoms. The SMILES string of the molecule is N#Cc1cnccc1-c1cccc(-n2c3ccccc3c3ccc4oc5ccccc5c4c32)c1. The van der Waals surface area contributed by atoms with Crippen molar-refractivity contribution in [1.82, 2.24) is 9.55 Å². The van der Waals surface area contributed by atoms with Crippen molar-refractivity contribution in [1.29, 1.82) is 5.26 Å². The van der Waals surface area contributed by atoms with Crippen molar-refractivity contribution in [3.63, 3.8) is 0 Å². The van der Waals surface area contributed by atoms with Crippen LogP contribution in [0.4, 0.5) is 0 Å². The van der Waals surface area contributed by atoms with Crippen molar-refractivity contribution in [2.24, 2.45) is 0 Å². The topological polar surface area (TPSA) is 54.8 Å². The monoisotopic (exact) mass is 435 g/mol. The molecule has 34 heavy (non-hydrogen) atoms. The Hall–Kier alpha value is -4.88. The van der Waals surface area contributed by atoms with Gasteiger partial charge in [0.1, 0.15) is 17.2 Å². The molecule has 0 aliphatic rings. The summed E-state index contributed by atoms with van der Waals surface area (Å²) < 4.78 is 8.53. The fraction of sp³-hybridized carbons (Fsp3) is 0. The van der Waals surface area contributed by atoms with E-state index in [1.54, 1.807) is 12.4 Å². The Labute approximate surface area is 194 Å². The van der Waals surface area contributed by atoms with Gasteiger partial charge in [0.05, 0.1) is 22.0 Å². The Morgan fingerprint density at radius 3 is 2.53 bits per heavy atom. The minimum absolute atomic E-state index is 0.560. The molecule has 0 amide bonds. The molecule has 0 atom stereocenters. The van der Waals surface area contributed by atoms with Crippen LogP contribution in [0, 0.1) is 11.3 Å². The minimum atomic E-state index is 0.560. The molecule has 0 N–H and O–H groups in total. The molecule has 7 aromatic rings. The Morgan fingerprint density at radius 2 is 1.62 bits per heavy atom. The molecule has 7 rings (SSSR count). The highest BCUT2D eigenvalue weighted by Gasteiger charge is 2.19. The fourth-order valence-corrected chi connectivity index (χ4v) is 5.08. The Morgan fingerprint density at radius 1 is 0.765 bits per heavy atom. The lowest BCUT2D eigenvalue weighted by Crippen LogP contribution is -1.95. The highest BCUT2D eigenvalue weighted by molar-refractivity contribution is 6.24. The average Bonchev–Trinajstić information content (AvgIpc) is 3.44. The van der Waals surface area contributed by atoms with Gasteiger partial charge in [0.25, 0.3) is 0 Å². The maximum absolute atomic E-state index is 9.61. The van der Waals surface area contributed by atoms with Gasteiger partial charge in [-0.3, -0.25) is 4.98 Å². The second-order valence-electron chi connectivity index (χ2n) is 8.37. The van der Waals surface area contributed by atoms with Crippen LogP contribution >= 0.6 is 0 Å². The number of hydrogen-bond donors (Lipinski definition) is 0. The first-order chi connectivity index (χ1) is 16.8. The van der Waals surface area contributed by atoms with E-state index >= 15 is 0 Å². The summed E-state index contributed by atoms with van der Waals surface area (Å²) in [6.07, 6.45) is 3.34. The molecular formula is C30H17N3O. The van der Waals surface area contributed by atoms with E-state index in [0.29, 0.717) is 5.56 Å². The molecule has 3 heterocycles. The third-order valence-electron chi connectivity index (χ3n) is 6.53. The Bertz CT molecular complexity index is 1930. The number of hydrogen-bond acceptors (Lipinski definition) is 3. The van der Waals surface area contributed by atoms with Gasteiger partial charge in [0.15, 0.2) is 0 Å². The third kappa shape index (κ3) is 2.55. The second kappa shape index (κ2) is 7.06. The van der Waals surface area contributed by atoms with E-state index in [9.17, 15) is 5.26 Å². The van der Waals surface area contributed by atoms with E-state index < -0.39 is 0 Å². The van der Waals surface area contributed by atoms with Gasteiger partial charge < -0.3 is 8.98 Å². The number of rotatable bonds is 2. The number of fused-ring (bicyclic) bond motifs is 7. The van der Waals surface area contributed by atoms with Crippen molar-refractivity contribution in [2.45, 2.75) is 0 Å². The molecule has 4 aromatic carbocycles.